The van der Waals surface area contributed by atoms with Crippen LogP contribution in [0.15, 0.2) is 29.3 Å². The van der Waals surface area contributed by atoms with Crippen molar-refractivity contribution in [2.75, 3.05) is 31.2 Å². The molecule has 28 heavy (non-hydrogen) atoms. The van der Waals surface area contributed by atoms with Crippen LogP contribution in [-0.4, -0.2) is 45.6 Å². The highest BCUT2D eigenvalue weighted by Gasteiger charge is 2.28. The molecule has 1 saturated carbocycles. The molecule has 1 aromatic rings. The molecule has 3 aliphatic rings. The minimum absolute atomic E-state index is 0. The van der Waals surface area contributed by atoms with E-state index in [4.69, 9.17) is 9.73 Å². The van der Waals surface area contributed by atoms with Crippen molar-refractivity contribution in [2.24, 2.45) is 16.8 Å². The second-order valence-electron chi connectivity index (χ2n) is 8.01. The van der Waals surface area contributed by atoms with E-state index in [2.05, 4.69) is 16.7 Å². The topological polar surface area (TPSA) is 79.8 Å². The molecule has 8 heteroatoms. The molecule has 2 atom stereocenters. The predicted molar refractivity (Wildman–Crippen MR) is 122 cm³/mol. The van der Waals surface area contributed by atoms with Gasteiger partial charge in [-0.15, -0.1) is 24.0 Å². The van der Waals surface area contributed by atoms with Gasteiger partial charge in [0.15, 0.2) is 15.8 Å². The standard InChI is InChI=1S/C20H29N3O3S.HI/c24-27(25)11-9-16(14-27)13-22-20(21-12-15-4-3-5-15)23-18-8-10-26-19-7-2-1-6-17(18)19;/h1-2,6-7,15-16,18H,3-5,8-14H2,(H2,21,22,23);1H. The maximum atomic E-state index is 11.7. The van der Waals surface area contributed by atoms with Crippen LogP contribution < -0.4 is 15.4 Å². The summed E-state index contributed by atoms with van der Waals surface area (Å²) in [4.78, 5) is 4.76. The minimum atomic E-state index is -2.86. The van der Waals surface area contributed by atoms with Crippen LogP contribution in [0.1, 0.15) is 43.7 Å². The lowest BCUT2D eigenvalue weighted by Gasteiger charge is -2.30. The summed E-state index contributed by atoms with van der Waals surface area (Å²) in [5, 5.41) is 7.06. The van der Waals surface area contributed by atoms with Crippen molar-refractivity contribution < 1.29 is 13.2 Å². The molecule has 0 amide bonds. The normalized spacial score (nSPS) is 26.4. The van der Waals surface area contributed by atoms with Gasteiger partial charge in [0.2, 0.25) is 0 Å². The molecule has 0 bridgehead atoms. The van der Waals surface area contributed by atoms with Crippen LogP contribution in [0.5, 0.6) is 5.75 Å². The smallest absolute Gasteiger partial charge is 0.191 e. The number of para-hydroxylation sites is 1. The number of ether oxygens (including phenoxy) is 1. The molecular formula is C20H30IN3O3S. The quantitative estimate of drug-likeness (QED) is 0.356. The van der Waals surface area contributed by atoms with Crippen LogP contribution in [0, 0.1) is 11.8 Å². The van der Waals surface area contributed by atoms with Crippen molar-refractivity contribution in [2.45, 2.75) is 38.1 Å². The Balaban J connectivity index is 0.00000225. The third-order valence-electron chi connectivity index (χ3n) is 5.89. The molecule has 2 unspecified atom stereocenters. The van der Waals surface area contributed by atoms with Crippen LogP contribution in [-0.2, 0) is 9.84 Å². The van der Waals surface area contributed by atoms with Gasteiger partial charge in [0, 0.05) is 25.1 Å². The average Bonchev–Trinajstić information content (AvgIpc) is 2.97. The number of fused-ring (bicyclic) bond motifs is 1. The second-order valence-corrected chi connectivity index (χ2v) is 10.2. The lowest BCUT2D eigenvalue weighted by atomic mass is 9.85. The van der Waals surface area contributed by atoms with Crippen LogP contribution in [0.4, 0.5) is 0 Å². The van der Waals surface area contributed by atoms with Gasteiger partial charge in [0.05, 0.1) is 24.2 Å². The molecule has 0 spiro atoms. The molecule has 1 aliphatic carbocycles. The zero-order valence-corrected chi connectivity index (χ0v) is 19.2. The summed E-state index contributed by atoms with van der Waals surface area (Å²) in [6.45, 7) is 2.18. The number of sulfone groups is 1. The third kappa shape index (κ3) is 5.52. The summed E-state index contributed by atoms with van der Waals surface area (Å²) < 4.78 is 29.2. The third-order valence-corrected chi connectivity index (χ3v) is 7.72. The average molecular weight is 519 g/mol. The van der Waals surface area contributed by atoms with Crippen LogP contribution in [0.25, 0.3) is 0 Å². The van der Waals surface area contributed by atoms with Gasteiger partial charge in [0.1, 0.15) is 5.75 Å². The number of aliphatic imine (C=N–C) groups is 1. The maximum Gasteiger partial charge on any atom is 0.191 e. The van der Waals surface area contributed by atoms with Crippen molar-refractivity contribution in [3.8, 4) is 5.75 Å². The predicted octanol–water partition coefficient (Wildman–Crippen LogP) is 2.90. The summed E-state index contributed by atoms with van der Waals surface area (Å²) in [6.07, 6.45) is 5.49. The van der Waals surface area contributed by atoms with Crippen LogP contribution >= 0.6 is 24.0 Å². The number of guanidine groups is 1. The lowest BCUT2D eigenvalue weighted by molar-refractivity contribution is 0.261. The van der Waals surface area contributed by atoms with Gasteiger partial charge in [-0.3, -0.25) is 4.99 Å². The van der Waals surface area contributed by atoms with E-state index in [9.17, 15) is 8.42 Å². The summed E-state index contributed by atoms with van der Waals surface area (Å²) >= 11 is 0. The van der Waals surface area contributed by atoms with Crippen LogP contribution in [0.3, 0.4) is 0 Å². The number of halogens is 1. The first-order chi connectivity index (χ1) is 13.1. The first kappa shape index (κ1) is 21.7. The van der Waals surface area contributed by atoms with Crippen molar-refractivity contribution >= 4 is 39.8 Å². The Bertz CT molecular complexity index is 796. The molecule has 6 nitrogen and oxygen atoms in total. The van der Waals surface area contributed by atoms with Crippen molar-refractivity contribution in [3.05, 3.63) is 29.8 Å². The largest absolute Gasteiger partial charge is 0.493 e. The van der Waals surface area contributed by atoms with Gasteiger partial charge in [-0.25, -0.2) is 8.42 Å². The number of nitrogens with one attached hydrogen (secondary N) is 2. The maximum absolute atomic E-state index is 11.7. The summed E-state index contributed by atoms with van der Waals surface area (Å²) in [5.41, 5.74) is 1.16. The van der Waals surface area contributed by atoms with Crippen molar-refractivity contribution in [1.29, 1.82) is 0 Å². The Morgan fingerprint density at radius 3 is 2.68 bits per heavy atom. The highest BCUT2D eigenvalue weighted by atomic mass is 127. The van der Waals surface area contributed by atoms with E-state index in [0.717, 1.165) is 42.6 Å². The van der Waals surface area contributed by atoms with Gasteiger partial charge in [-0.05, 0) is 37.2 Å². The summed E-state index contributed by atoms with van der Waals surface area (Å²) in [5.74, 6) is 3.17. The molecule has 1 aromatic carbocycles. The number of nitrogens with zero attached hydrogens (tertiary/aromatic N) is 1. The molecule has 0 aromatic heterocycles. The Morgan fingerprint density at radius 2 is 1.96 bits per heavy atom. The molecule has 2 aliphatic heterocycles. The highest BCUT2D eigenvalue weighted by Crippen LogP contribution is 2.31. The Morgan fingerprint density at radius 1 is 1.14 bits per heavy atom. The molecule has 4 rings (SSSR count). The van der Waals surface area contributed by atoms with E-state index in [-0.39, 0.29) is 41.7 Å². The zero-order chi connectivity index (χ0) is 18.7. The Labute approximate surface area is 184 Å². The summed E-state index contributed by atoms with van der Waals surface area (Å²) in [6, 6.07) is 8.29. The van der Waals surface area contributed by atoms with E-state index >= 15 is 0 Å². The van der Waals surface area contributed by atoms with Gasteiger partial charge in [-0.1, -0.05) is 24.6 Å². The van der Waals surface area contributed by atoms with E-state index in [1.54, 1.807) is 0 Å². The van der Waals surface area contributed by atoms with Crippen molar-refractivity contribution in [3.63, 3.8) is 0 Å². The molecule has 2 heterocycles. The zero-order valence-electron chi connectivity index (χ0n) is 16.1. The molecule has 2 N–H and O–H groups in total. The first-order valence-electron chi connectivity index (χ1n) is 10.1. The van der Waals surface area contributed by atoms with E-state index in [0.29, 0.717) is 18.9 Å². The Hall–Kier alpha value is -1.03. The van der Waals surface area contributed by atoms with Gasteiger partial charge in [0.25, 0.3) is 0 Å². The van der Waals surface area contributed by atoms with Crippen LogP contribution in [0.2, 0.25) is 0 Å². The fourth-order valence-electron chi connectivity index (χ4n) is 3.98. The SMILES string of the molecule is I.O=S1(=O)CCC(CN=C(NCC2CCC2)NC2CCOc3ccccc32)C1. The molecular weight excluding hydrogens is 489 g/mol. The van der Waals surface area contributed by atoms with E-state index < -0.39 is 9.84 Å². The van der Waals surface area contributed by atoms with E-state index in [1.807, 2.05) is 18.2 Å². The van der Waals surface area contributed by atoms with Gasteiger partial charge >= 0.3 is 0 Å². The number of rotatable bonds is 5. The summed E-state index contributed by atoms with van der Waals surface area (Å²) in [7, 11) is -2.86. The van der Waals surface area contributed by atoms with Gasteiger partial charge < -0.3 is 15.4 Å². The lowest BCUT2D eigenvalue weighted by Crippen LogP contribution is -2.44. The molecule has 156 valence electrons. The first-order valence-corrected chi connectivity index (χ1v) is 11.9. The fraction of sp³-hybridized carbons (Fsp3) is 0.650. The molecule has 2 fully saturated rings. The highest BCUT2D eigenvalue weighted by molar-refractivity contribution is 14.0. The fourth-order valence-corrected chi connectivity index (χ4v) is 5.83. The monoisotopic (exact) mass is 519 g/mol. The number of benzene rings is 1. The molecule has 0 radical (unpaired) electrons. The minimum Gasteiger partial charge on any atom is -0.493 e. The van der Waals surface area contributed by atoms with Crippen molar-refractivity contribution in [1.82, 2.24) is 10.6 Å². The second kappa shape index (κ2) is 9.65. The Kier molecular flexibility index (Phi) is 7.47. The van der Waals surface area contributed by atoms with Gasteiger partial charge in [-0.2, -0.15) is 0 Å². The number of hydrogen-bond acceptors (Lipinski definition) is 4. The molecule has 1 saturated heterocycles. The van der Waals surface area contributed by atoms with E-state index in [1.165, 1.54) is 19.3 Å². The number of hydrogen-bond donors (Lipinski definition) is 2.